The zero-order valence-electron chi connectivity index (χ0n) is 15.8. The monoisotopic (exact) mass is 385 g/mol. The highest BCUT2D eigenvalue weighted by molar-refractivity contribution is 5.79. The fourth-order valence-electron chi connectivity index (χ4n) is 3.18. The average molecular weight is 385 g/mol. The van der Waals surface area contributed by atoms with Crippen molar-refractivity contribution in [3.05, 3.63) is 65.5 Å². The molecular formula is C21H24FN3O3. The third-order valence-corrected chi connectivity index (χ3v) is 4.74. The summed E-state index contributed by atoms with van der Waals surface area (Å²) in [5.41, 5.74) is 1.86. The Balaban J connectivity index is 1.40. The van der Waals surface area contributed by atoms with Crippen LogP contribution in [-0.2, 0) is 17.9 Å². The number of nitrogens with zero attached hydrogens (tertiary/aromatic N) is 1. The molecule has 1 atom stereocenters. The number of benzene rings is 2. The van der Waals surface area contributed by atoms with E-state index in [4.69, 9.17) is 4.74 Å². The van der Waals surface area contributed by atoms with E-state index in [1.54, 1.807) is 24.1 Å². The Morgan fingerprint density at radius 3 is 2.46 bits per heavy atom. The van der Waals surface area contributed by atoms with E-state index in [-0.39, 0.29) is 23.7 Å². The van der Waals surface area contributed by atoms with E-state index in [1.807, 2.05) is 24.3 Å². The van der Waals surface area contributed by atoms with Gasteiger partial charge in [0.15, 0.2) is 0 Å². The lowest BCUT2D eigenvalue weighted by Gasteiger charge is -2.17. The van der Waals surface area contributed by atoms with Crippen LogP contribution in [0.1, 0.15) is 17.5 Å². The highest BCUT2D eigenvalue weighted by Gasteiger charge is 2.29. The molecule has 0 aromatic heterocycles. The van der Waals surface area contributed by atoms with Gasteiger partial charge in [0, 0.05) is 38.5 Å². The predicted molar refractivity (Wildman–Crippen MR) is 103 cm³/mol. The molecule has 6 nitrogen and oxygen atoms in total. The van der Waals surface area contributed by atoms with Crippen LogP contribution in [0.25, 0.3) is 0 Å². The van der Waals surface area contributed by atoms with Crippen LogP contribution in [0.4, 0.5) is 9.18 Å². The van der Waals surface area contributed by atoms with Crippen LogP contribution in [0.2, 0.25) is 0 Å². The Morgan fingerprint density at radius 1 is 1.11 bits per heavy atom. The van der Waals surface area contributed by atoms with Crippen molar-refractivity contribution < 1.29 is 18.7 Å². The van der Waals surface area contributed by atoms with Crippen LogP contribution in [0, 0.1) is 11.7 Å². The first kappa shape index (κ1) is 19.7. The third kappa shape index (κ3) is 5.45. The van der Waals surface area contributed by atoms with Gasteiger partial charge in [0.2, 0.25) is 5.91 Å². The minimum absolute atomic E-state index is 0.0507. The quantitative estimate of drug-likeness (QED) is 0.770. The molecule has 7 heteroatoms. The maximum atomic E-state index is 13.0. The first-order valence-electron chi connectivity index (χ1n) is 9.20. The Morgan fingerprint density at radius 2 is 1.79 bits per heavy atom. The van der Waals surface area contributed by atoms with Gasteiger partial charge >= 0.3 is 6.03 Å². The molecule has 2 aromatic carbocycles. The lowest BCUT2D eigenvalue weighted by atomic mass is 10.1. The molecule has 0 aliphatic carbocycles. The first-order valence-corrected chi connectivity index (χ1v) is 9.20. The van der Waals surface area contributed by atoms with Gasteiger partial charge < -0.3 is 20.3 Å². The fourth-order valence-corrected chi connectivity index (χ4v) is 3.18. The lowest BCUT2D eigenvalue weighted by Crippen LogP contribution is -2.38. The summed E-state index contributed by atoms with van der Waals surface area (Å²) < 4.78 is 18.1. The Labute approximate surface area is 163 Å². The summed E-state index contributed by atoms with van der Waals surface area (Å²) in [4.78, 5) is 25.9. The molecule has 3 amide bonds. The van der Waals surface area contributed by atoms with Crippen LogP contribution < -0.4 is 15.4 Å². The number of nitrogens with one attached hydrogen (secondary N) is 2. The maximum Gasteiger partial charge on any atom is 0.315 e. The minimum atomic E-state index is -0.292. The number of rotatable bonds is 7. The van der Waals surface area contributed by atoms with Gasteiger partial charge in [-0.2, -0.15) is 0 Å². The van der Waals surface area contributed by atoms with E-state index in [0.717, 1.165) is 16.9 Å². The van der Waals surface area contributed by atoms with Crippen molar-refractivity contribution in [1.82, 2.24) is 15.5 Å². The molecule has 28 heavy (non-hydrogen) atoms. The normalized spacial score (nSPS) is 16.1. The van der Waals surface area contributed by atoms with E-state index in [2.05, 4.69) is 10.6 Å². The topological polar surface area (TPSA) is 70.7 Å². The second kappa shape index (κ2) is 9.21. The van der Waals surface area contributed by atoms with E-state index in [0.29, 0.717) is 32.6 Å². The Kier molecular flexibility index (Phi) is 6.47. The molecule has 2 aromatic rings. The van der Waals surface area contributed by atoms with E-state index >= 15 is 0 Å². The van der Waals surface area contributed by atoms with Crippen molar-refractivity contribution in [3.8, 4) is 5.75 Å². The number of ether oxygens (including phenoxy) is 1. The summed E-state index contributed by atoms with van der Waals surface area (Å²) in [5, 5.41) is 5.63. The number of carbonyl (C=O) groups is 2. The zero-order valence-corrected chi connectivity index (χ0v) is 15.8. The van der Waals surface area contributed by atoms with Crippen LogP contribution >= 0.6 is 0 Å². The van der Waals surface area contributed by atoms with Crippen LogP contribution in [0.15, 0.2) is 48.5 Å². The van der Waals surface area contributed by atoms with Gasteiger partial charge in [0.25, 0.3) is 0 Å². The summed E-state index contributed by atoms with van der Waals surface area (Å²) in [7, 11) is 1.61. The largest absolute Gasteiger partial charge is 0.497 e. The number of urea groups is 1. The van der Waals surface area contributed by atoms with Gasteiger partial charge in [0.05, 0.1) is 7.11 Å². The van der Waals surface area contributed by atoms with Crippen molar-refractivity contribution in [2.24, 2.45) is 5.92 Å². The third-order valence-electron chi connectivity index (χ3n) is 4.74. The van der Waals surface area contributed by atoms with Gasteiger partial charge in [-0.25, -0.2) is 9.18 Å². The summed E-state index contributed by atoms with van der Waals surface area (Å²) in [5.74, 6) is 0.595. The highest BCUT2D eigenvalue weighted by atomic mass is 19.1. The van der Waals surface area contributed by atoms with E-state index in [1.165, 1.54) is 12.1 Å². The lowest BCUT2D eigenvalue weighted by molar-refractivity contribution is -0.128. The minimum Gasteiger partial charge on any atom is -0.497 e. The molecule has 0 bridgehead atoms. The number of amides is 3. The molecule has 1 aliphatic heterocycles. The van der Waals surface area contributed by atoms with Crippen LogP contribution in [-0.4, -0.2) is 37.0 Å². The molecule has 0 radical (unpaired) electrons. The van der Waals surface area contributed by atoms with Gasteiger partial charge in [-0.3, -0.25) is 4.79 Å². The average Bonchev–Trinajstić information content (AvgIpc) is 3.06. The van der Waals surface area contributed by atoms with Crippen molar-refractivity contribution in [1.29, 1.82) is 0 Å². The van der Waals surface area contributed by atoms with Crippen molar-refractivity contribution in [2.75, 3.05) is 20.2 Å². The van der Waals surface area contributed by atoms with Gasteiger partial charge in [-0.1, -0.05) is 24.3 Å². The second-order valence-corrected chi connectivity index (χ2v) is 6.88. The standard InChI is InChI=1S/C21H24FN3O3/c1-28-19-8-4-15(5-9-19)11-23-21(27)24-12-17-10-20(26)25(14-17)13-16-2-6-18(22)7-3-16/h2-9,17H,10-14H2,1H3,(H2,23,24,27)/t17-/m1/s1. The molecular weight excluding hydrogens is 361 g/mol. The van der Waals surface area contributed by atoms with E-state index < -0.39 is 0 Å². The molecule has 2 N–H and O–H groups in total. The van der Waals surface area contributed by atoms with Gasteiger partial charge in [-0.15, -0.1) is 0 Å². The van der Waals surface area contributed by atoms with Crippen molar-refractivity contribution in [3.63, 3.8) is 0 Å². The maximum absolute atomic E-state index is 13.0. The molecule has 1 heterocycles. The number of likely N-dealkylation sites (tertiary alicyclic amines) is 1. The SMILES string of the molecule is COc1ccc(CNC(=O)NC[C@H]2CC(=O)N(Cc3ccc(F)cc3)C2)cc1. The molecule has 148 valence electrons. The molecule has 3 rings (SSSR count). The molecule has 1 aliphatic rings. The summed E-state index contributed by atoms with van der Waals surface area (Å²) >= 11 is 0. The molecule has 1 fully saturated rings. The van der Waals surface area contributed by atoms with Crippen molar-refractivity contribution >= 4 is 11.9 Å². The Hall–Kier alpha value is -3.09. The second-order valence-electron chi connectivity index (χ2n) is 6.88. The van der Waals surface area contributed by atoms with Crippen LogP contribution in [0.5, 0.6) is 5.75 Å². The highest BCUT2D eigenvalue weighted by Crippen LogP contribution is 2.20. The summed E-state index contributed by atoms with van der Waals surface area (Å²) in [6, 6.07) is 13.3. The number of carbonyl (C=O) groups excluding carboxylic acids is 2. The summed E-state index contributed by atoms with van der Waals surface area (Å²) in [6.07, 6.45) is 0.403. The number of hydrogen-bond acceptors (Lipinski definition) is 3. The van der Waals surface area contributed by atoms with Crippen LogP contribution in [0.3, 0.4) is 0 Å². The molecule has 0 unspecified atom stereocenters. The van der Waals surface area contributed by atoms with Gasteiger partial charge in [0.1, 0.15) is 11.6 Å². The fraction of sp³-hybridized carbons (Fsp3) is 0.333. The van der Waals surface area contributed by atoms with Crippen molar-refractivity contribution in [2.45, 2.75) is 19.5 Å². The molecule has 1 saturated heterocycles. The number of methoxy groups -OCH3 is 1. The van der Waals surface area contributed by atoms with Gasteiger partial charge in [-0.05, 0) is 35.4 Å². The summed E-state index contributed by atoms with van der Waals surface area (Å²) in [6.45, 7) is 1.88. The molecule has 0 saturated carbocycles. The number of hydrogen-bond donors (Lipinski definition) is 2. The first-order chi connectivity index (χ1) is 13.5. The van der Waals surface area contributed by atoms with E-state index in [9.17, 15) is 14.0 Å². The smallest absolute Gasteiger partial charge is 0.315 e. The predicted octanol–water partition coefficient (Wildman–Crippen LogP) is 2.68. The number of halogens is 1. The Bertz CT molecular complexity index is 809. The zero-order chi connectivity index (χ0) is 19.9. The molecule has 0 spiro atoms.